The minimum absolute atomic E-state index is 0.111. The number of rotatable bonds is 4. The molecular formula is C12H16ClNO. The van der Waals surface area contributed by atoms with Crippen LogP contribution in [0.4, 0.5) is 5.69 Å². The number of anilines is 1. The molecule has 0 aliphatic rings. The molecular weight excluding hydrogens is 210 g/mol. The number of aryl methyl sites for hydroxylation is 1. The molecule has 1 aromatic rings. The van der Waals surface area contributed by atoms with Crippen molar-refractivity contribution in [2.75, 3.05) is 17.8 Å². The molecule has 0 bridgehead atoms. The number of amides is 1. The average Bonchev–Trinajstić information content (AvgIpc) is 2.26. The Bertz CT molecular complexity index is 321. The molecule has 0 heterocycles. The van der Waals surface area contributed by atoms with Gasteiger partial charge in [-0.15, -0.1) is 11.6 Å². The van der Waals surface area contributed by atoms with E-state index in [4.69, 9.17) is 11.6 Å². The predicted octanol–water partition coefficient (Wildman–Crippen LogP) is 2.98. The van der Waals surface area contributed by atoms with Crippen LogP contribution in [0.15, 0.2) is 24.3 Å². The lowest BCUT2D eigenvalue weighted by atomic mass is 10.2. The number of carbonyl (C=O) groups excluding carboxylic acids is 1. The van der Waals surface area contributed by atoms with E-state index in [0.29, 0.717) is 12.3 Å². The summed E-state index contributed by atoms with van der Waals surface area (Å²) in [6.45, 7) is 2.03. The maximum Gasteiger partial charge on any atom is 0.226 e. The van der Waals surface area contributed by atoms with Crippen LogP contribution in [0.5, 0.6) is 0 Å². The van der Waals surface area contributed by atoms with E-state index in [2.05, 4.69) is 0 Å². The standard InChI is InChI=1S/C12H16ClNO/c1-10-5-7-11(8-6-10)14(2)12(15)4-3-9-13/h5-8H,3-4,9H2,1-2H3. The van der Waals surface area contributed by atoms with Crippen LogP contribution < -0.4 is 4.90 Å². The minimum Gasteiger partial charge on any atom is -0.316 e. The van der Waals surface area contributed by atoms with E-state index in [9.17, 15) is 4.79 Å². The highest BCUT2D eigenvalue weighted by Gasteiger charge is 2.09. The topological polar surface area (TPSA) is 20.3 Å². The van der Waals surface area contributed by atoms with E-state index in [1.165, 1.54) is 5.56 Å². The molecule has 0 unspecified atom stereocenters. The van der Waals surface area contributed by atoms with Crippen molar-refractivity contribution in [3.05, 3.63) is 29.8 Å². The van der Waals surface area contributed by atoms with Gasteiger partial charge in [0.2, 0.25) is 5.91 Å². The lowest BCUT2D eigenvalue weighted by Crippen LogP contribution is -2.25. The molecule has 3 heteroatoms. The van der Waals surface area contributed by atoms with Crippen molar-refractivity contribution in [2.45, 2.75) is 19.8 Å². The van der Waals surface area contributed by atoms with Crippen LogP contribution in [0, 0.1) is 6.92 Å². The van der Waals surface area contributed by atoms with E-state index < -0.39 is 0 Å². The zero-order valence-corrected chi connectivity index (χ0v) is 9.92. The molecule has 0 fully saturated rings. The maximum absolute atomic E-state index is 11.7. The molecule has 1 aromatic carbocycles. The van der Waals surface area contributed by atoms with E-state index in [0.717, 1.165) is 12.1 Å². The van der Waals surface area contributed by atoms with Gasteiger partial charge in [-0.25, -0.2) is 0 Å². The highest BCUT2D eigenvalue weighted by atomic mass is 35.5. The summed E-state index contributed by atoms with van der Waals surface area (Å²) in [4.78, 5) is 13.3. The first kappa shape index (κ1) is 12.1. The number of carbonyl (C=O) groups is 1. The first-order valence-electron chi connectivity index (χ1n) is 5.04. The van der Waals surface area contributed by atoms with Crippen LogP contribution in [-0.4, -0.2) is 18.8 Å². The largest absolute Gasteiger partial charge is 0.316 e. The molecule has 0 N–H and O–H groups in total. The van der Waals surface area contributed by atoms with Gasteiger partial charge in [-0.3, -0.25) is 4.79 Å². The average molecular weight is 226 g/mol. The summed E-state index contributed by atoms with van der Waals surface area (Å²) in [6, 6.07) is 7.91. The SMILES string of the molecule is Cc1ccc(N(C)C(=O)CCCCl)cc1. The van der Waals surface area contributed by atoms with Crippen molar-refractivity contribution in [3.63, 3.8) is 0 Å². The van der Waals surface area contributed by atoms with Gasteiger partial charge in [0.15, 0.2) is 0 Å². The summed E-state index contributed by atoms with van der Waals surface area (Å²) < 4.78 is 0. The number of benzene rings is 1. The molecule has 0 saturated carbocycles. The van der Waals surface area contributed by atoms with Gasteiger partial charge in [0.05, 0.1) is 0 Å². The van der Waals surface area contributed by atoms with Crippen molar-refractivity contribution >= 4 is 23.2 Å². The van der Waals surface area contributed by atoms with Crippen LogP contribution in [0.2, 0.25) is 0 Å². The van der Waals surface area contributed by atoms with Crippen LogP contribution >= 0.6 is 11.6 Å². The number of halogens is 1. The van der Waals surface area contributed by atoms with Gasteiger partial charge in [-0.1, -0.05) is 17.7 Å². The quantitative estimate of drug-likeness (QED) is 0.722. The summed E-state index contributed by atoms with van der Waals surface area (Å²) in [5.74, 6) is 0.646. The Hall–Kier alpha value is -1.02. The van der Waals surface area contributed by atoms with E-state index in [-0.39, 0.29) is 5.91 Å². The van der Waals surface area contributed by atoms with Gasteiger partial charge >= 0.3 is 0 Å². The summed E-state index contributed by atoms with van der Waals surface area (Å²) in [5, 5.41) is 0. The summed E-state index contributed by atoms with van der Waals surface area (Å²) in [5.41, 5.74) is 2.13. The maximum atomic E-state index is 11.7. The number of alkyl halides is 1. The molecule has 1 amide bonds. The molecule has 0 aliphatic heterocycles. The monoisotopic (exact) mass is 225 g/mol. The fourth-order valence-electron chi connectivity index (χ4n) is 1.30. The van der Waals surface area contributed by atoms with E-state index in [1.807, 2.05) is 31.2 Å². The normalized spacial score (nSPS) is 10.1. The molecule has 0 atom stereocenters. The fourth-order valence-corrected chi connectivity index (χ4v) is 1.43. The van der Waals surface area contributed by atoms with Gasteiger partial charge in [-0.05, 0) is 25.5 Å². The van der Waals surface area contributed by atoms with Crippen LogP contribution in [0.3, 0.4) is 0 Å². The molecule has 0 saturated heterocycles. The second kappa shape index (κ2) is 5.76. The second-order valence-electron chi connectivity index (χ2n) is 3.58. The number of hydrogen-bond donors (Lipinski definition) is 0. The third-order valence-corrected chi connectivity index (χ3v) is 2.59. The van der Waals surface area contributed by atoms with Gasteiger partial charge in [0, 0.05) is 25.0 Å². The summed E-state index contributed by atoms with van der Waals surface area (Å²) in [6.07, 6.45) is 1.24. The zero-order valence-electron chi connectivity index (χ0n) is 9.16. The summed E-state index contributed by atoms with van der Waals surface area (Å²) in [7, 11) is 1.79. The van der Waals surface area contributed by atoms with E-state index >= 15 is 0 Å². The Kier molecular flexibility index (Phi) is 4.63. The second-order valence-corrected chi connectivity index (χ2v) is 3.96. The Labute approximate surface area is 95.8 Å². The Morgan fingerprint density at radius 1 is 1.33 bits per heavy atom. The Morgan fingerprint density at radius 3 is 2.47 bits per heavy atom. The fraction of sp³-hybridized carbons (Fsp3) is 0.417. The summed E-state index contributed by atoms with van der Waals surface area (Å²) >= 11 is 5.55. The van der Waals surface area contributed by atoms with Crippen molar-refractivity contribution in [3.8, 4) is 0 Å². The van der Waals surface area contributed by atoms with Crippen molar-refractivity contribution < 1.29 is 4.79 Å². The molecule has 0 radical (unpaired) electrons. The third kappa shape index (κ3) is 3.56. The molecule has 0 spiro atoms. The van der Waals surface area contributed by atoms with Crippen molar-refractivity contribution in [2.24, 2.45) is 0 Å². The van der Waals surface area contributed by atoms with Gasteiger partial charge in [0.25, 0.3) is 0 Å². The molecule has 15 heavy (non-hydrogen) atoms. The molecule has 1 rings (SSSR count). The van der Waals surface area contributed by atoms with Crippen LogP contribution in [0.25, 0.3) is 0 Å². The third-order valence-electron chi connectivity index (χ3n) is 2.32. The van der Waals surface area contributed by atoms with E-state index in [1.54, 1.807) is 11.9 Å². The smallest absolute Gasteiger partial charge is 0.226 e. The molecule has 2 nitrogen and oxygen atoms in total. The predicted molar refractivity (Wildman–Crippen MR) is 64.5 cm³/mol. The van der Waals surface area contributed by atoms with Crippen LogP contribution in [-0.2, 0) is 4.79 Å². The van der Waals surface area contributed by atoms with Crippen LogP contribution in [0.1, 0.15) is 18.4 Å². The first-order chi connectivity index (χ1) is 7.15. The van der Waals surface area contributed by atoms with Crippen molar-refractivity contribution in [1.29, 1.82) is 0 Å². The highest BCUT2D eigenvalue weighted by Crippen LogP contribution is 2.14. The lowest BCUT2D eigenvalue weighted by Gasteiger charge is -2.17. The lowest BCUT2D eigenvalue weighted by molar-refractivity contribution is -0.118. The van der Waals surface area contributed by atoms with Crippen molar-refractivity contribution in [1.82, 2.24) is 0 Å². The van der Waals surface area contributed by atoms with Gasteiger partial charge in [0.1, 0.15) is 0 Å². The Balaban J connectivity index is 2.63. The Morgan fingerprint density at radius 2 is 1.93 bits per heavy atom. The van der Waals surface area contributed by atoms with Gasteiger partial charge < -0.3 is 4.90 Å². The molecule has 0 aromatic heterocycles. The van der Waals surface area contributed by atoms with Gasteiger partial charge in [-0.2, -0.15) is 0 Å². The number of hydrogen-bond acceptors (Lipinski definition) is 1. The number of nitrogens with zero attached hydrogens (tertiary/aromatic N) is 1. The first-order valence-corrected chi connectivity index (χ1v) is 5.58. The zero-order chi connectivity index (χ0) is 11.3. The molecule has 82 valence electrons. The minimum atomic E-state index is 0.111. The highest BCUT2D eigenvalue weighted by molar-refractivity contribution is 6.18. The molecule has 0 aliphatic carbocycles.